The summed E-state index contributed by atoms with van der Waals surface area (Å²) in [7, 11) is 1.59. The fourth-order valence-corrected chi connectivity index (χ4v) is 4.47. The van der Waals surface area contributed by atoms with E-state index >= 15 is 0 Å². The second kappa shape index (κ2) is 12.0. The van der Waals surface area contributed by atoms with Gasteiger partial charge in [0.15, 0.2) is 17.2 Å². The number of hydrogen-bond acceptors (Lipinski definition) is 6. The molecule has 206 valence electrons. The molecule has 3 aromatic rings. The fraction of sp³-hybridized carbons (Fsp3) is 0.379. The smallest absolute Gasteiger partial charge is 0.272 e. The summed E-state index contributed by atoms with van der Waals surface area (Å²) in [5.41, 5.74) is 1.17. The average molecular weight is 534 g/mol. The number of fused-ring (bicyclic) bond motifs is 1. The van der Waals surface area contributed by atoms with Gasteiger partial charge in [-0.05, 0) is 50.5 Å². The van der Waals surface area contributed by atoms with Crippen LogP contribution in [0.2, 0.25) is 0 Å². The predicted molar refractivity (Wildman–Crippen MR) is 146 cm³/mol. The van der Waals surface area contributed by atoms with Crippen LogP contribution >= 0.6 is 0 Å². The van der Waals surface area contributed by atoms with Crippen LogP contribution in [0, 0.1) is 0 Å². The largest absolute Gasteiger partial charge is 0.490 e. The van der Waals surface area contributed by atoms with Crippen LogP contribution in [0.3, 0.4) is 0 Å². The Balaban J connectivity index is 1.39. The molecule has 1 aromatic heterocycles. The molecular weight excluding hydrogens is 498 g/mol. The molecule has 39 heavy (non-hydrogen) atoms. The molecule has 10 heteroatoms. The highest BCUT2D eigenvalue weighted by atomic mass is 16.5. The van der Waals surface area contributed by atoms with Crippen molar-refractivity contribution in [2.45, 2.75) is 45.8 Å². The maximum Gasteiger partial charge on any atom is 0.272 e. The lowest BCUT2D eigenvalue weighted by molar-refractivity contribution is -0.132. The van der Waals surface area contributed by atoms with Crippen LogP contribution in [0.25, 0.3) is 0 Å². The minimum atomic E-state index is -1.16. The molecule has 0 saturated heterocycles. The van der Waals surface area contributed by atoms with Gasteiger partial charge in [-0.15, -0.1) is 0 Å². The summed E-state index contributed by atoms with van der Waals surface area (Å²) in [6.07, 6.45) is 0.576. The molecule has 0 saturated carbocycles. The third kappa shape index (κ3) is 6.05. The molecule has 1 atom stereocenters. The minimum absolute atomic E-state index is 0.127. The number of nitrogens with zero attached hydrogens (tertiary/aromatic N) is 3. The van der Waals surface area contributed by atoms with E-state index in [-0.39, 0.29) is 29.7 Å². The van der Waals surface area contributed by atoms with Crippen molar-refractivity contribution in [3.05, 3.63) is 77.1 Å². The number of hydrogen-bond donors (Lipinski definition) is 2. The molecule has 10 nitrogen and oxygen atoms in total. The van der Waals surface area contributed by atoms with Crippen LogP contribution in [0.1, 0.15) is 52.9 Å². The number of ether oxygens (including phenoxy) is 2. The van der Waals surface area contributed by atoms with Gasteiger partial charge in [0.2, 0.25) is 5.91 Å². The van der Waals surface area contributed by atoms with Crippen molar-refractivity contribution in [2.75, 3.05) is 26.8 Å². The Morgan fingerprint density at radius 2 is 1.69 bits per heavy atom. The molecule has 0 radical (unpaired) electrons. The number of carbonyl (C=O) groups excluding carboxylic acids is 3. The van der Waals surface area contributed by atoms with Gasteiger partial charge in [0.25, 0.3) is 11.8 Å². The normalized spacial score (nSPS) is 16.4. The maximum absolute atomic E-state index is 13.2. The molecule has 2 aromatic carbocycles. The molecular formula is C29H35N5O5. The SMILES string of the molecule is CCOc1ccc(CCNC(=O)c2cc3n(n2)CC(C)(C(=O)NCc2ccccc2)N(C)C3=O)cc1OCC. The van der Waals surface area contributed by atoms with E-state index in [1.165, 1.54) is 15.6 Å². The van der Waals surface area contributed by atoms with Gasteiger partial charge in [0.1, 0.15) is 11.2 Å². The topological polar surface area (TPSA) is 115 Å². The summed E-state index contributed by atoms with van der Waals surface area (Å²) < 4.78 is 12.7. The highest BCUT2D eigenvalue weighted by Gasteiger charge is 2.46. The monoisotopic (exact) mass is 533 g/mol. The molecule has 2 heterocycles. The van der Waals surface area contributed by atoms with E-state index in [1.807, 2.05) is 62.4 Å². The number of likely N-dealkylation sites (N-methyl/N-ethyl adjacent to an activating group) is 1. The van der Waals surface area contributed by atoms with Crippen molar-refractivity contribution in [2.24, 2.45) is 0 Å². The number of rotatable bonds is 11. The first-order chi connectivity index (χ1) is 18.8. The van der Waals surface area contributed by atoms with Crippen molar-refractivity contribution in [3.8, 4) is 11.5 Å². The minimum Gasteiger partial charge on any atom is -0.490 e. The molecule has 4 rings (SSSR count). The van der Waals surface area contributed by atoms with Gasteiger partial charge in [0, 0.05) is 26.2 Å². The van der Waals surface area contributed by atoms with Gasteiger partial charge in [-0.3, -0.25) is 19.1 Å². The molecule has 2 N–H and O–H groups in total. The van der Waals surface area contributed by atoms with E-state index in [0.29, 0.717) is 44.2 Å². The zero-order valence-electron chi connectivity index (χ0n) is 22.8. The maximum atomic E-state index is 13.2. The third-order valence-corrected chi connectivity index (χ3v) is 6.83. The van der Waals surface area contributed by atoms with Crippen molar-refractivity contribution in [1.29, 1.82) is 0 Å². The number of benzene rings is 2. The lowest BCUT2D eigenvalue weighted by atomic mass is 9.96. The summed E-state index contributed by atoms with van der Waals surface area (Å²) >= 11 is 0. The second-order valence-corrected chi connectivity index (χ2v) is 9.53. The summed E-state index contributed by atoms with van der Waals surface area (Å²) in [5, 5.41) is 10.1. The summed E-state index contributed by atoms with van der Waals surface area (Å²) in [5.74, 6) is 0.298. The Morgan fingerprint density at radius 3 is 2.41 bits per heavy atom. The number of nitrogens with one attached hydrogen (secondary N) is 2. The Hall–Kier alpha value is -4.34. The number of aromatic nitrogens is 2. The molecule has 1 aliphatic rings. The zero-order valence-corrected chi connectivity index (χ0v) is 22.8. The fourth-order valence-electron chi connectivity index (χ4n) is 4.47. The Bertz CT molecular complexity index is 1340. The molecule has 1 unspecified atom stereocenters. The average Bonchev–Trinajstić information content (AvgIpc) is 3.36. The molecule has 1 aliphatic heterocycles. The van der Waals surface area contributed by atoms with Gasteiger partial charge in [-0.25, -0.2) is 0 Å². The first-order valence-electron chi connectivity index (χ1n) is 13.1. The quantitative estimate of drug-likeness (QED) is 0.392. The van der Waals surface area contributed by atoms with E-state index in [9.17, 15) is 14.4 Å². The molecule has 3 amide bonds. The summed E-state index contributed by atoms with van der Waals surface area (Å²) in [6, 6.07) is 16.7. The van der Waals surface area contributed by atoms with E-state index in [4.69, 9.17) is 9.47 Å². The standard InChI is InChI=1S/C29H35N5O5/c1-5-38-24-13-12-20(16-25(24)39-6-2)14-15-30-26(35)22-17-23-27(36)33(4)29(3,19-34(23)32-22)28(37)31-18-21-10-8-7-9-11-21/h7-13,16-17H,5-6,14-15,18-19H2,1-4H3,(H,30,35)(H,31,37). The summed E-state index contributed by atoms with van der Waals surface area (Å²) in [6.45, 7) is 7.43. The lowest BCUT2D eigenvalue weighted by Gasteiger charge is -2.40. The Morgan fingerprint density at radius 1 is 0.974 bits per heavy atom. The van der Waals surface area contributed by atoms with Crippen LogP contribution in [-0.2, 0) is 24.3 Å². The van der Waals surface area contributed by atoms with Crippen LogP contribution < -0.4 is 20.1 Å². The van der Waals surface area contributed by atoms with E-state index < -0.39 is 11.4 Å². The van der Waals surface area contributed by atoms with Crippen molar-refractivity contribution in [1.82, 2.24) is 25.3 Å². The first-order valence-corrected chi connectivity index (χ1v) is 13.1. The highest BCUT2D eigenvalue weighted by Crippen LogP contribution is 2.29. The van der Waals surface area contributed by atoms with Crippen molar-refractivity contribution in [3.63, 3.8) is 0 Å². The predicted octanol–water partition coefficient (Wildman–Crippen LogP) is 2.81. The molecule has 0 aliphatic carbocycles. The molecule has 0 spiro atoms. The highest BCUT2D eigenvalue weighted by molar-refractivity contribution is 6.01. The third-order valence-electron chi connectivity index (χ3n) is 6.83. The van der Waals surface area contributed by atoms with Crippen molar-refractivity contribution < 1.29 is 23.9 Å². The van der Waals surface area contributed by atoms with Gasteiger partial charge >= 0.3 is 0 Å². The van der Waals surface area contributed by atoms with Gasteiger partial charge in [-0.1, -0.05) is 36.4 Å². The van der Waals surface area contributed by atoms with Crippen LogP contribution in [0.15, 0.2) is 54.6 Å². The summed E-state index contributed by atoms with van der Waals surface area (Å²) in [4.78, 5) is 40.6. The van der Waals surface area contributed by atoms with E-state index in [0.717, 1.165) is 11.1 Å². The Kier molecular flexibility index (Phi) is 8.53. The van der Waals surface area contributed by atoms with E-state index in [1.54, 1.807) is 14.0 Å². The number of amides is 3. The van der Waals surface area contributed by atoms with Gasteiger partial charge in [0.05, 0.1) is 19.8 Å². The molecule has 0 fully saturated rings. The number of carbonyl (C=O) groups is 3. The van der Waals surface area contributed by atoms with Crippen LogP contribution in [0.4, 0.5) is 0 Å². The van der Waals surface area contributed by atoms with Crippen LogP contribution in [0.5, 0.6) is 11.5 Å². The molecule has 0 bridgehead atoms. The zero-order chi connectivity index (χ0) is 28.0. The first kappa shape index (κ1) is 27.7. The van der Waals surface area contributed by atoms with Crippen molar-refractivity contribution >= 4 is 17.7 Å². The second-order valence-electron chi connectivity index (χ2n) is 9.53. The van der Waals surface area contributed by atoms with Gasteiger partial charge in [-0.2, -0.15) is 5.10 Å². The Labute approximate surface area is 228 Å². The lowest BCUT2D eigenvalue weighted by Crippen LogP contribution is -2.62. The van der Waals surface area contributed by atoms with E-state index in [2.05, 4.69) is 15.7 Å². The van der Waals surface area contributed by atoms with Gasteiger partial charge < -0.3 is 25.0 Å². The van der Waals surface area contributed by atoms with Crippen LogP contribution in [-0.4, -0.2) is 64.7 Å².